The van der Waals surface area contributed by atoms with Gasteiger partial charge in [-0.3, -0.25) is 0 Å². The summed E-state index contributed by atoms with van der Waals surface area (Å²) in [6.07, 6.45) is 1.78. The minimum atomic E-state index is -0.420. The van der Waals surface area contributed by atoms with E-state index in [0.29, 0.717) is 5.88 Å². The topological polar surface area (TPSA) is 29.5 Å². The van der Waals surface area contributed by atoms with Crippen LogP contribution in [0.2, 0.25) is 0 Å². The van der Waals surface area contributed by atoms with Crippen LogP contribution in [0.25, 0.3) is 0 Å². The Morgan fingerprint density at radius 3 is 2.71 bits per heavy atom. The molecule has 1 rings (SSSR count). The highest BCUT2D eigenvalue weighted by molar-refractivity contribution is 6.18. The van der Waals surface area contributed by atoms with Gasteiger partial charge >= 0.3 is 6.09 Å². The Hall–Kier alpha value is -0.440. The number of likely N-dealkylation sites (tertiary alicyclic amines) is 1. The maximum absolute atomic E-state index is 11.7. The van der Waals surface area contributed by atoms with Crippen LogP contribution in [0.15, 0.2) is 0 Å². The molecule has 0 aromatic carbocycles. The Morgan fingerprint density at radius 1 is 1.57 bits per heavy atom. The number of amides is 1. The fraction of sp³-hybridized carbons (Fsp3) is 0.900. The molecule has 1 saturated heterocycles. The van der Waals surface area contributed by atoms with Crippen LogP contribution >= 0.6 is 11.6 Å². The summed E-state index contributed by atoms with van der Waals surface area (Å²) in [6, 6.07) is 0.159. The molecule has 1 aliphatic rings. The van der Waals surface area contributed by atoms with Crippen molar-refractivity contribution in [3.8, 4) is 0 Å². The van der Waals surface area contributed by atoms with E-state index < -0.39 is 5.60 Å². The summed E-state index contributed by atoms with van der Waals surface area (Å²) in [4.78, 5) is 13.4. The molecule has 0 unspecified atom stereocenters. The zero-order valence-corrected chi connectivity index (χ0v) is 9.80. The van der Waals surface area contributed by atoms with Gasteiger partial charge in [0.25, 0.3) is 0 Å². The quantitative estimate of drug-likeness (QED) is 0.635. The highest BCUT2D eigenvalue weighted by Gasteiger charge is 2.31. The van der Waals surface area contributed by atoms with Crippen molar-refractivity contribution in [2.75, 3.05) is 12.4 Å². The standard InChI is InChI=1S/C10H18ClNO2/c1-10(2,3)14-9(13)12-6-4-5-8(12)7-11/h8H,4-7H2,1-3H3/t8-/m1/s1. The Balaban J connectivity index is 2.52. The summed E-state index contributed by atoms with van der Waals surface area (Å²) >= 11 is 5.77. The minimum absolute atomic E-state index is 0.159. The molecule has 1 fully saturated rings. The van der Waals surface area contributed by atoms with Crippen molar-refractivity contribution >= 4 is 17.7 Å². The third-order valence-corrected chi connectivity index (χ3v) is 2.54. The van der Waals surface area contributed by atoms with E-state index in [1.807, 2.05) is 20.8 Å². The van der Waals surface area contributed by atoms with Crippen molar-refractivity contribution in [1.29, 1.82) is 0 Å². The molecule has 1 amide bonds. The monoisotopic (exact) mass is 219 g/mol. The van der Waals surface area contributed by atoms with E-state index in [4.69, 9.17) is 16.3 Å². The molecular weight excluding hydrogens is 202 g/mol. The summed E-state index contributed by atoms with van der Waals surface area (Å²) in [6.45, 7) is 6.39. The van der Waals surface area contributed by atoms with Crippen molar-refractivity contribution < 1.29 is 9.53 Å². The lowest BCUT2D eigenvalue weighted by atomic mass is 10.2. The molecule has 0 spiro atoms. The van der Waals surface area contributed by atoms with Gasteiger partial charge in [-0.25, -0.2) is 4.79 Å². The number of nitrogens with zero attached hydrogens (tertiary/aromatic N) is 1. The second-order valence-corrected chi connectivity index (χ2v) is 4.93. The molecular formula is C10H18ClNO2. The van der Waals surface area contributed by atoms with Gasteiger partial charge in [-0.15, -0.1) is 11.6 Å². The predicted molar refractivity (Wildman–Crippen MR) is 56.7 cm³/mol. The first-order chi connectivity index (χ1) is 6.44. The van der Waals surface area contributed by atoms with Crippen molar-refractivity contribution in [2.24, 2.45) is 0 Å². The van der Waals surface area contributed by atoms with Crippen LogP contribution in [0.1, 0.15) is 33.6 Å². The molecule has 0 aromatic heterocycles. The lowest BCUT2D eigenvalue weighted by Gasteiger charge is -2.27. The number of carbonyl (C=O) groups excluding carboxylic acids is 1. The lowest BCUT2D eigenvalue weighted by molar-refractivity contribution is 0.0241. The highest BCUT2D eigenvalue weighted by Crippen LogP contribution is 2.21. The van der Waals surface area contributed by atoms with E-state index in [0.717, 1.165) is 19.4 Å². The normalized spacial score (nSPS) is 22.6. The fourth-order valence-electron chi connectivity index (χ4n) is 1.56. The maximum Gasteiger partial charge on any atom is 0.410 e. The van der Waals surface area contributed by atoms with Crippen LogP contribution in [0.5, 0.6) is 0 Å². The van der Waals surface area contributed by atoms with Crippen molar-refractivity contribution in [1.82, 2.24) is 4.90 Å². The van der Waals surface area contributed by atoms with Gasteiger partial charge in [0.2, 0.25) is 0 Å². The van der Waals surface area contributed by atoms with Gasteiger partial charge in [0.15, 0.2) is 0 Å². The Morgan fingerprint density at radius 2 is 2.21 bits per heavy atom. The molecule has 0 aromatic rings. The molecule has 3 nitrogen and oxygen atoms in total. The average Bonchev–Trinajstić information content (AvgIpc) is 2.47. The maximum atomic E-state index is 11.7. The van der Waals surface area contributed by atoms with Crippen LogP contribution < -0.4 is 0 Å². The molecule has 0 bridgehead atoms. The Bertz CT molecular complexity index is 213. The third-order valence-electron chi connectivity index (χ3n) is 2.18. The van der Waals surface area contributed by atoms with Crippen LogP contribution in [-0.4, -0.2) is 35.1 Å². The predicted octanol–water partition coefficient (Wildman–Crippen LogP) is 2.62. The van der Waals surface area contributed by atoms with Gasteiger partial charge in [-0.1, -0.05) is 0 Å². The zero-order chi connectivity index (χ0) is 10.8. The number of hydrogen-bond acceptors (Lipinski definition) is 2. The average molecular weight is 220 g/mol. The summed E-state index contributed by atoms with van der Waals surface area (Å²) in [5, 5.41) is 0. The van der Waals surface area contributed by atoms with E-state index in [1.54, 1.807) is 4.90 Å². The molecule has 0 N–H and O–H groups in total. The van der Waals surface area contributed by atoms with Gasteiger partial charge in [0.1, 0.15) is 5.60 Å². The number of halogens is 1. The largest absolute Gasteiger partial charge is 0.444 e. The molecule has 1 aliphatic heterocycles. The second kappa shape index (κ2) is 4.39. The van der Waals surface area contributed by atoms with Gasteiger partial charge in [-0.05, 0) is 33.6 Å². The number of ether oxygens (including phenoxy) is 1. The molecule has 4 heteroatoms. The van der Waals surface area contributed by atoms with Crippen molar-refractivity contribution in [3.63, 3.8) is 0 Å². The summed E-state index contributed by atoms with van der Waals surface area (Å²) in [5.41, 5.74) is -0.420. The first-order valence-electron chi connectivity index (χ1n) is 4.99. The van der Waals surface area contributed by atoms with E-state index in [2.05, 4.69) is 0 Å². The van der Waals surface area contributed by atoms with Crippen LogP contribution in [0.3, 0.4) is 0 Å². The molecule has 0 radical (unpaired) electrons. The highest BCUT2D eigenvalue weighted by atomic mass is 35.5. The van der Waals surface area contributed by atoms with Gasteiger partial charge in [0.05, 0.1) is 0 Å². The van der Waals surface area contributed by atoms with E-state index in [9.17, 15) is 4.79 Å². The van der Waals surface area contributed by atoms with Crippen molar-refractivity contribution in [2.45, 2.75) is 45.3 Å². The van der Waals surface area contributed by atoms with Gasteiger partial charge in [0, 0.05) is 18.5 Å². The number of rotatable bonds is 1. The van der Waals surface area contributed by atoms with E-state index >= 15 is 0 Å². The first-order valence-corrected chi connectivity index (χ1v) is 5.53. The molecule has 82 valence electrons. The molecule has 0 saturated carbocycles. The summed E-state index contributed by atoms with van der Waals surface area (Å²) in [7, 11) is 0. The molecule has 14 heavy (non-hydrogen) atoms. The first kappa shape index (κ1) is 11.6. The number of alkyl halides is 1. The zero-order valence-electron chi connectivity index (χ0n) is 9.05. The van der Waals surface area contributed by atoms with E-state index in [-0.39, 0.29) is 12.1 Å². The summed E-state index contributed by atoms with van der Waals surface area (Å²) in [5.74, 6) is 0.499. The third kappa shape index (κ3) is 3.05. The van der Waals surface area contributed by atoms with Crippen LogP contribution in [0.4, 0.5) is 4.79 Å². The number of hydrogen-bond donors (Lipinski definition) is 0. The van der Waals surface area contributed by atoms with Crippen molar-refractivity contribution in [3.05, 3.63) is 0 Å². The smallest absolute Gasteiger partial charge is 0.410 e. The minimum Gasteiger partial charge on any atom is -0.444 e. The van der Waals surface area contributed by atoms with Crippen LogP contribution in [-0.2, 0) is 4.74 Å². The Kier molecular flexibility index (Phi) is 3.65. The molecule has 1 heterocycles. The number of carbonyl (C=O) groups is 1. The van der Waals surface area contributed by atoms with E-state index in [1.165, 1.54) is 0 Å². The fourth-order valence-corrected chi connectivity index (χ4v) is 1.88. The van der Waals surface area contributed by atoms with Gasteiger partial charge in [-0.2, -0.15) is 0 Å². The molecule has 0 aliphatic carbocycles. The Labute approximate surface area is 90.4 Å². The SMILES string of the molecule is CC(C)(C)OC(=O)N1CCC[C@@H]1CCl. The van der Waals surface area contributed by atoms with Crippen LogP contribution in [0, 0.1) is 0 Å². The van der Waals surface area contributed by atoms with Gasteiger partial charge < -0.3 is 9.64 Å². The molecule has 1 atom stereocenters. The lowest BCUT2D eigenvalue weighted by Crippen LogP contribution is -2.40. The second-order valence-electron chi connectivity index (χ2n) is 4.62. The summed E-state index contributed by atoms with van der Waals surface area (Å²) < 4.78 is 5.28.